The van der Waals surface area contributed by atoms with Gasteiger partial charge in [0.05, 0.1) is 16.6 Å². The first kappa shape index (κ1) is 13.8. The smallest absolute Gasteiger partial charge is 0.272 e. The van der Waals surface area contributed by atoms with Crippen LogP contribution in [0.2, 0.25) is 0 Å². The molecule has 0 amide bonds. The molecule has 0 saturated heterocycles. The summed E-state index contributed by atoms with van der Waals surface area (Å²) in [6, 6.07) is 7.20. The molecule has 0 aliphatic carbocycles. The molecule has 0 atom stereocenters. The van der Waals surface area contributed by atoms with Crippen LogP contribution in [0.5, 0.6) is 0 Å². The number of anilines is 2. The second kappa shape index (κ2) is 5.00. The quantitative estimate of drug-likeness (QED) is 0.399. The van der Waals surface area contributed by atoms with Gasteiger partial charge in [-0.3, -0.25) is 15.2 Å². The zero-order chi connectivity index (χ0) is 15.9. The largest absolute Gasteiger partial charge is 0.398 e. The number of aromatic nitrogens is 2. The van der Waals surface area contributed by atoms with Crippen LogP contribution in [0.1, 0.15) is 11.1 Å². The maximum Gasteiger partial charge on any atom is 0.272 e. The Hall–Kier alpha value is -3.15. The van der Waals surface area contributed by atoms with Gasteiger partial charge in [0.25, 0.3) is 5.56 Å². The minimum absolute atomic E-state index is 0.0950. The molecule has 0 fully saturated rings. The maximum atomic E-state index is 12.1. The molecule has 2 aromatic heterocycles. The highest BCUT2D eigenvalue weighted by atomic mass is 16.1. The molecule has 22 heavy (non-hydrogen) atoms. The van der Waals surface area contributed by atoms with Crippen molar-refractivity contribution in [2.24, 2.45) is 0 Å². The predicted octanol–water partition coefficient (Wildman–Crippen LogP) is 0.241. The molecule has 3 rings (SSSR count). The van der Waals surface area contributed by atoms with Crippen LogP contribution < -0.4 is 22.4 Å². The molecule has 0 aliphatic heterocycles. The third-order valence-corrected chi connectivity index (χ3v) is 3.60. The van der Waals surface area contributed by atoms with Crippen molar-refractivity contribution in [2.75, 3.05) is 11.5 Å². The van der Waals surface area contributed by atoms with Gasteiger partial charge in [-0.25, -0.2) is 0 Å². The van der Waals surface area contributed by atoms with Gasteiger partial charge in [-0.15, -0.1) is 0 Å². The van der Waals surface area contributed by atoms with Gasteiger partial charge in [0.2, 0.25) is 0 Å². The van der Waals surface area contributed by atoms with Crippen LogP contribution in [0.3, 0.4) is 0 Å². The fraction of sp³-hybridized carbons (Fsp3) is 0.0625. The minimum atomic E-state index is -0.361. The van der Waals surface area contributed by atoms with Crippen molar-refractivity contribution < 1.29 is 5.41 Å². The van der Waals surface area contributed by atoms with Crippen LogP contribution in [-0.2, 0) is 0 Å². The molecule has 0 radical (unpaired) electrons. The molecule has 1 aromatic carbocycles. The van der Waals surface area contributed by atoms with Gasteiger partial charge in [0.1, 0.15) is 5.69 Å². The number of nitrogens with one attached hydrogen (secondary N) is 1. The van der Waals surface area contributed by atoms with Gasteiger partial charge in [-0.05, 0) is 24.6 Å². The molecule has 110 valence electrons. The molecular formula is C16H16N5O+. The first-order valence-corrected chi connectivity index (χ1v) is 6.75. The zero-order valence-electron chi connectivity index (χ0n) is 12.1. The summed E-state index contributed by atoms with van der Waals surface area (Å²) in [4.78, 5) is 19.3. The Kier molecular flexibility index (Phi) is 3.14. The van der Waals surface area contributed by atoms with E-state index >= 15 is 0 Å². The highest BCUT2D eigenvalue weighted by molar-refractivity contribution is 6.04. The summed E-state index contributed by atoms with van der Waals surface area (Å²) in [5, 5.41) is 5.69. The van der Waals surface area contributed by atoms with Gasteiger partial charge < -0.3 is 16.5 Å². The molecule has 6 heteroatoms. The van der Waals surface area contributed by atoms with E-state index in [-0.39, 0.29) is 11.2 Å². The Morgan fingerprint density at radius 1 is 1.32 bits per heavy atom. The van der Waals surface area contributed by atoms with E-state index in [1.807, 2.05) is 19.1 Å². The molecule has 0 aliphatic rings. The van der Waals surface area contributed by atoms with E-state index in [1.54, 1.807) is 18.3 Å². The lowest BCUT2D eigenvalue weighted by Gasteiger charge is -2.12. The number of nitrogens with two attached hydrogens (primary N) is 3. The van der Waals surface area contributed by atoms with E-state index in [1.165, 1.54) is 6.21 Å². The van der Waals surface area contributed by atoms with Crippen LogP contribution >= 0.6 is 0 Å². The van der Waals surface area contributed by atoms with Crippen molar-refractivity contribution in [3.8, 4) is 11.1 Å². The van der Waals surface area contributed by atoms with Crippen molar-refractivity contribution in [3.05, 3.63) is 51.9 Å². The average molecular weight is 294 g/mol. The maximum absolute atomic E-state index is 12.1. The van der Waals surface area contributed by atoms with E-state index in [2.05, 4.69) is 9.97 Å². The van der Waals surface area contributed by atoms with E-state index in [9.17, 15) is 4.79 Å². The Labute approximate surface area is 126 Å². The van der Waals surface area contributed by atoms with Crippen LogP contribution in [0.25, 0.3) is 22.2 Å². The molecule has 2 heterocycles. The van der Waals surface area contributed by atoms with E-state index < -0.39 is 0 Å². The number of nitrogen functional groups attached to an aromatic ring is 2. The number of benzene rings is 1. The zero-order valence-corrected chi connectivity index (χ0v) is 12.1. The summed E-state index contributed by atoms with van der Waals surface area (Å²) < 4.78 is 0. The van der Waals surface area contributed by atoms with E-state index in [0.29, 0.717) is 33.4 Å². The summed E-state index contributed by atoms with van der Waals surface area (Å²) in [6.07, 6.45) is 3.13. The van der Waals surface area contributed by atoms with Crippen molar-refractivity contribution in [3.63, 3.8) is 0 Å². The number of rotatable bonds is 2. The molecule has 0 spiro atoms. The molecule has 3 aromatic rings. The Morgan fingerprint density at radius 2 is 2.09 bits per heavy atom. The fourth-order valence-electron chi connectivity index (χ4n) is 2.55. The van der Waals surface area contributed by atoms with Crippen LogP contribution in [0.4, 0.5) is 11.4 Å². The summed E-state index contributed by atoms with van der Waals surface area (Å²) in [5.74, 6) is 0. The number of H-pyrrole nitrogens is 1. The highest BCUT2D eigenvalue weighted by Gasteiger charge is 2.17. The first-order valence-electron chi connectivity index (χ1n) is 6.75. The van der Waals surface area contributed by atoms with E-state index in [4.69, 9.17) is 16.9 Å². The third kappa shape index (κ3) is 2.01. The lowest BCUT2D eigenvalue weighted by molar-refractivity contribution is -0.104. The number of hydrogen-bond donors (Lipinski definition) is 4. The SMILES string of the molecule is Cc1cnc2c(-c3cccc(N)c3C=[NH2+])c(N)c(=O)[nH]c2c1. The molecule has 0 saturated carbocycles. The van der Waals surface area contributed by atoms with Gasteiger partial charge >= 0.3 is 0 Å². The Bertz CT molecular complexity index is 959. The van der Waals surface area contributed by atoms with E-state index in [0.717, 1.165) is 5.56 Å². The molecule has 0 bridgehead atoms. The second-order valence-corrected chi connectivity index (χ2v) is 5.13. The monoisotopic (exact) mass is 294 g/mol. The Morgan fingerprint density at radius 3 is 2.82 bits per heavy atom. The number of aromatic amines is 1. The van der Waals surface area contributed by atoms with Crippen LogP contribution in [-0.4, -0.2) is 16.2 Å². The number of nitrogens with zero attached hydrogens (tertiary/aromatic N) is 1. The topological polar surface area (TPSA) is 123 Å². The number of pyridine rings is 2. The van der Waals surface area contributed by atoms with Gasteiger partial charge in [0, 0.05) is 23.0 Å². The third-order valence-electron chi connectivity index (χ3n) is 3.60. The summed E-state index contributed by atoms with van der Waals surface area (Å²) in [5.41, 5.74) is 16.3. The first-order chi connectivity index (χ1) is 10.5. The molecular weight excluding hydrogens is 278 g/mol. The lowest BCUT2D eigenvalue weighted by Crippen LogP contribution is -2.30. The van der Waals surface area contributed by atoms with Gasteiger partial charge in [-0.2, -0.15) is 0 Å². The second-order valence-electron chi connectivity index (χ2n) is 5.13. The summed E-state index contributed by atoms with van der Waals surface area (Å²) in [6.45, 7) is 1.90. The standard InChI is InChI=1S/C16H15N5O/c1-8-5-12-15(20-7-8)13(14(19)16(22)21-12)9-3-2-4-11(18)10(9)6-17/h2-7,17H,18-19H2,1H3,(H,21,22)/p+1. The molecule has 7 N–H and O–H groups in total. The van der Waals surface area contributed by atoms with Crippen molar-refractivity contribution in [2.45, 2.75) is 6.92 Å². The number of hydrogen-bond acceptors (Lipinski definition) is 4. The molecule has 6 nitrogen and oxygen atoms in total. The summed E-state index contributed by atoms with van der Waals surface area (Å²) >= 11 is 0. The minimum Gasteiger partial charge on any atom is -0.398 e. The van der Waals surface area contributed by atoms with Crippen molar-refractivity contribution in [1.29, 1.82) is 0 Å². The van der Waals surface area contributed by atoms with Gasteiger partial charge in [-0.1, -0.05) is 12.1 Å². The van der Waals surface area contributed by atoms with Gasteiger partial charge in [0.15, 0.2) is 6.21 Å². The average Bonchev–Trinajstić information content (AvgIpc) is 2.48. The van der Waals surface area contributed by atoms with Crippen LogP contribution in [0.15, 0.2) is 35.3 Å². The fourth-order valence-corrected chi connectivity index (χ4v) is 2.55. The lowest BCUT2D eigenvalue weighted by atomic mass is 9.96. The summed E-state index contributed by atoms with van der Waals surface area (Å²) in [7, 11) is 0. The number of aryl methyl sites for hydroxylation is 1. The predicted molar refractivity (Wildman–Crippen MR) is 88.5 cm³/mol. The van der Waals surface area contributed by atoms with Crippen molar-refractivity contribution in [1.82, 2.24) is 9.97 Å². The Balaban J connectivity index is 2.51. The molecule has 0 unspecified atom stereocenters. The van der Waals surface area contributed by atoms with Crippen LogP contribution in [0, 0.1) is 6.92 Å². The number of fused-ring (bicyclic) bond motifs is 1. The highest BCUT2D eigenvalue weighted by Crippen LogP contribution is 2.33. The normalized spacial score (nSPS) is 10.8. The van der Waals surface area contributed by atoms with Crippen molar-refractivity contribution >= 4 is 28.6 Å².